The van der Waals surface area contributed by atoms with E-state index in [4.69, 9.17) is 42.1 Å². The van der Waals surface area contributed by atoms with Crippen LogP contribution in [-0.4, -0.2) is 58.8 Å². The fourth-order valence-corrected chi connectivity index (χ4v) is 9.06. The predicted octanol–water partition coefficient (Wildman–Crippen LogP) is 13.0. The zero-order valence-electron chi connectivity index (χ0n) is 40.5. The quantitative estimate of drug-likeness (QED) is 0.0590. The number of alkyl halides is 2. The van der Waals surface area contributed by atoms with Crippen LogP contribution in [0.1, 0.15) is 66.7 Å². The minimum atomic E-state index is -2.94. The molecule has 6 aromatic carbocycles. The highest BCUT2D eigenvalue weighted by atomic mass is 35.5. The first-order valence-corrected chi connectivity index (χ1v) is 29.3. The Morgan fingerprint density at radius 3 is 1.37 bits per heavy atom. The number of hydrogen-bond acceptors (Lipinski definition) is 12. The van der Waals surface area contributed by atoms with Crippen molar-refractivity contribution in [3.05, 3.63) is 190 Å². The highest BCUT2D eigenvalue weighted by Crippen LogP contribution is 2.53. The van der Waals surface area contributed by atoms with Crippen molar-refractivity contribution in [2.45, 2.75) is 80.8 Å². The molecule has 0 aromatic heterocycles. The molecule has 0 heterocycles. The molecule has 0 aliphatic heterocycles. The first kappa shape index (κ1) is 61.8. The molecule has 0 spiro atoms. The Balaban J connectivity index is 0.000000256. The number of para-hydroxylation sites is 2. The van der Waals surface area contributed by atoms with E-state index in [1.165, 1.54) is 30.3 Å². The number of aliphatic carboxylic acids is 1. The SMILES string of the molecule is COC(=O)[C@@](F)([C@H](Cc1ccc(F)c(Oc2ccccc2)c1)OC(C)=O)[C@H](c1ccc(Cl)cc1)C1CC1.O=C(O)[C@](F)([C@H](c1ccc(Cl)cc1)C1CC1)[C@@H](O)Cc1ccc(F)c(Oc2ccccc2)c1.S=S=S.S=S=S. The molecule has 2 aliphatic rings. The zero-order chi connectivity index (χ0) is 55.6. The van der Waals surface area contributed by atoms with Crippen LogP contribution in [0, 0.1) is 23.5 Å². The van der Waals surface area contributed by atoms with E-state index in [9.17, 15) is 33.4 Å². The Kier molecular flexibility index (Phi) is 24.1. The van der Waals surface area contributed by atoms with Gasteiger partial charge in [-0.25, -0.2) is 27.2 Å². The van der Waals surface area contributed by atoms with Gasteiger partial charge in [0.05, 0.1) is 7.11 Å². The Hall–Kier alpha value is -5.09. The van der Waals surface area contributed by atoms with Crippen LogP contribution in [-0.2, 0) is 99.2 Å². The smallest absolute Gasteiger partial charge is 0.348 e. The van der Waals surface area contributed by atoms with E-state index in [-0.39, 0.29) is 36.2 Å². The number of methoxy groups -OCH3 is 1. The summed E-state index contributed by atoms with van der Waals surface area (Å²) in [5, 5.41) is 21.7. The third kappa shape index (κ3) is 17.0. The molecule has 76 heavy (non-hydrogen) atoms. The molecule has 2 saturated carbocycles. The van der Waals surface area contributed by atoms with E-state index in [1.54, 1.807) is 109 Å². The molecule has 402 valence electrons. The largest absolute Gasteiger partial charge is 0.479 e. The van der Waals surface area contributed by atoms with Gasteiger partial charge < -0.3 is 29.2 Å². The third-order valence-electron chi connectivity index (χ3n) is 12.4. The Labute approximate surface area is 473 Å². The van der Waals surface area contributed by atoms with Gasteiger partial charge in [-0.1, -0.05) is 96.0 Å². The van der Waals surface area contributed by atoms with Crippen molar-refractivity contribution >= 4 is 104 Å². The summed E-state index contributed by atoms with van der Waals surface area (Å²) >= 11 is 28.5. The number of carboxylic acid groups (broad SMARTS) is 1. The molecule has 2 aliphatic carbocycles. The highest BCUT2D eigenvalue weighted by molar-refractivity contribution is 8.37. The van der Waals surface area contributed by atoms with E-state index >= 15 is 8.78 Å². The number of aliphatic hydroxyl groups excluding tert-OH is 1. The minimum absolute atomic E-state index is 0.0794. The topological polar surface area (TPSA) is 129 Å². The first-order chi connectivity index (χ1) is 36.3. The molecule has 2 N–H and O–H groups in total. The van der Waals surface area contributed by atoms with Gasteiger partial charge >= 0.3 is 17.9 Å². The summed E-state index contributed by atoms with van der Waals surface area (Å²) in [6.07, 6.45) is -1.21. The van der Waals surface area contributed by atoms with Gasteiger partial charge in [0.25, 0.3) is 5.67 Å². The molecule has 6 atom stereocenters. The van der Waals surface area contributed by atoms with Crippen LogP contribution in [0.5, 0.6) is 23.0 Å². The van der Waals surface area contributed by atoms with Gasteiger partial charge in [0.15, 0.2) is 29.2 Å². The summed E-state index contributed by atoms with van der Waals surface area (Å²) in [7, 11) is 2.93. The number of ether oxygens (including phenoxy) is 4. The van der Waals surface area contributed by atoms with Crippen LogP contribution >= 0.6 is 23.2 Å². The van der Waals surface area contributed by atoms with Crippen LogP contribution in [0.25, 0.3) is 0 Å². The number of carboxylic acids is 1. The number of esters is 2. The Morgan fingerprint density at radius 1 is 0.632 bits per heavy atom. The zero-order valence-corrected chi connectivity index (χ0v) is 46.9. The van der Waals surface area contributed by atoms with Gasteiger partial charge in [0, 0.05) is 104 Å². The summed E-state index contributed by atoms with van der Waals surface area (Å²) in [5.74, 6) is -6.57. The second-order valence-corrected chi connectivity index (χ2v) is 22.0. The second-order valence-electron chi connectivity index (χ2n) is 17.6. The molecule has 0 unspecified atom stereocenters. The number of halogens is 6. The Morgan fingerprint density at radius 2 is 1.01 bits per heavy atom. The lowest BCUT2D eigenvalue weighted by Crippen LogP contribution is -2.54. The molecular formula is C55H50Cl2F4O9S6. The lowest BCUT2D eigenvalue weighted by Gasteiger charge is -2.37. The maximum Gasteiger partial charge on any atom is 0.348 e. The lowest BCUT2D eigenvalue weighted by atomic mass is 9.75. The monoisotopic (exact) mass is 1190 g/mol. The predicted molar refractivity (Wildman–Crippen MR) is 300 cm³/mol. The van der Waals surface area contributed by atoms with Crippen LogP contribution in [0.15, 0.2) is 146 Å². The number of aliphatic hydroxyl groups is 1. The number of hydrogen-bond donors (Lipinski definition) is 2. The van der Waals surface area contributed by atoms with Crippen molar-refractivity contribution in [2.24, 2.45) is 11.8 Å². The van der Waals surface area contributed by atoms with Gasteiger partial charge in [0.1, 0.15) is 17.6 Å². The fourth-order valence-electron chi connectivity index (χ4n) is 8.81. The van der Waals surface area contributed by atoms with Gasteiger partial charge in [-0.2, -0.15) is 0 Å². The van der Waals surface area contributed by atoms with Crippen LogP contribution in [0.4, 0.5) is 17.6 Å². The fraction of sp³-hybridized carbons (Fsp3) is 0.291. The number of carbonyl (C=O) groups is 3. The average Bonchev–Trinajstić information content (AvgIpc) is 4.35. The highest BCUT2D eigenvalue weighted by Gasteiger charge is 2.61. The van der Waals surface area contributed by atoms with Crippen LogP contribution in [0.2, 0.25) is 10.0 Å². The van der Waals surface area contributed by atoms with Crippen molar-refractivity contribution in [2.75, 3.05) is 7.11 Å². The van der Waals surface area contributed by atoms with Crippen molar-refractivity contribution < 1.29 is 61.1 Å². The molecule has 0 saturated heterocycles. The normalized spacial score (nSPS) is 15.6. The minimum Gasteiger partial charge on any atom is -0.479 e. The average molecular weight is 1190 g/mol. The summed E-state index contributed by atoms with van der Waals surface area (Å²) in [5.41, 5.74) is -3.88. The van der Waals surface area contributed by atoms with E-state index < -0.39 is 64.9 Å². The van der Waals surface area contributed by atoms with E-state index in [0.29, 0.717) is 69.5 Å². The number of benzene rings is 6. The van der Waals surface area contributed by atoms with Crippen molar-refractivity contribution in [3.63, 3.8) is 0 Å². The lowest BCUT2D eigenvalue weighted by molar-refractivity contribution is -0.177. The van der Waals surface area contributed by atoms with Gasteiger partial charge in [-0.15, -0.1) is 0 Å². The maximum atomic E-state index is 17.3. The molecule has 21 heteroatoms. The van der Waals surface area contributed by atoms with E-state index in [0.717, 1.165) is 37.9 Å². The van der Waals surface area contributed by atoms with Gasteiger partial charge in [0.2, 0.25) is 5.67 Å². The summed E-state index contributed by atoms with van der Waals surface area (Å²) in [6.45, 7) is 1.15. The number of rotatable bonds is 19. The standard InChI is InChI=1S/C29H27ClF2O5.C26H23ClF2O4.2S3/c1-18(33)36-26(17-19-8-15-24(31)25(16-19)37-23-6-4-3-5-7-23)29(32,28(34)35-2)27(20-9-10-20)21-11-13-22(30)14-12-21;27-19-11-9-18(10-12-19)24(17-7-8-17)26(29,25(31)32)23(30)15-16-6-13-21(28)22(14-16)33-20-4-2-1-3-5-20;2*1-3-2/h3-8,11-16,20,26-27H,9-10,17H2,1-2H3;1-6,9-14,17,23-24,30H,7-8,15H2,(H,31,32);;/t26-,27-,29+;23-,24-,26+;;/m00../s1. The molecule has 0 bridgehead atoms. The second kappa shape index (κ2) is 29.6. The number of carbonyl (C=O) groups excluding carboxylic acids is 2. The van der Waals surface area contributed by atoms with Gasteiger partial charge in [-0.05, 0) is 133 Å². The van der Waals surface area contributed by atoms with Crippen molar-refractivity contribution in [1.29, 1.82) is 0 Å². The maximum absolute atomic E-state index is 17.3. The molecular weight excluding hydrogens is 1140 g/mol. The molecule has 6 aromatic rings. The van der Waals surface area contributed by atoms with E-state index in [1.807, 2.05) is 0 Å². The molecule has 8 rings (SSSR count). The first-order valence-electron chi connectivity index (χ1n) is 23.3. The van der Waals surface area contributed by atoms with Crippen LogP contribution in [0.3, 0.4) is 0 Å². The van der Waals surface area contributed by atoms with Crippen molar-refractivity contribution in [3.8, 4) is 23.0 Å². The summed E-state index contributed by atoms with van der Waals surface area (Å²) < 4.78 is 84.0. The molecule has 2 fully saturated rings. The Bertz CT molecular complexity index is 2960. The summed E-state index contributed by atoms with van der Waals surface area (Å²) in [6, 6.07) is 38.1. The molecule has 0 radical (unpaired) electrons. The molecule has 9 nitrogen and oxygen atoms in total. The summed E-state index contributed by atoms with van der Waals surface area (Å²) in [4.78, 5) is 37.4. The van der Waals surface area contributed by atoms with Gasteiger partial charge in [-0.3, -0.25) is 4.79 Å². The van der Waals surface area contributed by atoms with Crippen molar-refractivity contribution in [1.82, 2.24) is 0 Å². The van der Waals surface area contributed by atoms with E-state index in [2.05, 4.69) is 44.8 Å². The van der Waals surface area contributed by atoms with Crippen LogP contribution < -0.4 is 9.47 Å². The third-order valence-corrected chi connectivity index (χ3v) is 12.9. The molecule has 0 amide bonds.